The summed E-state index contributed by atoms with van der Waals surface area (Å²) < 4.78 is 22.4. The number of halogens is 2. The van der Waals surface area contributed by atoms with E-state index >= 15 is 0 Å². The van der Waals surface area contributed by atoms with Crippen LogP contribution < -0.4 is 20.7 Å². The molecule has 2 aliphatic rings. The highest BCUT2D eigenvalue weighted by Gasteiger charge is 2.46. The molecule has 1 aliphatic heterocycles. The summed E-state index contributed by atoms with van der Waals surface area (Å²) in [6, 6.07) is 3.48. The van der Waals surface area contributed by atoms with Crippen LogP contribution in [0.1, 0.15) is 6.42 Å². The van der Waals surface area contributed by atoms with Crippen molar-refractivity contribution in [3.63, 3.8) is 0 Å². The van der Waals surface area contributed by atoms with Gasteiger partial charge in [0.05, 0.1) is 40.2 Å². The van der Waals surface area contributed by atoms with Gasteiger partial charge < -0.3 is 25.7 Å². The molecule has 1 saturated carbocycles. The molecule has 3 atom stereocenters. The van der Waals surface area contributed by atoms with Crippen LogP contribution >= 0.6 is 11.6 Å². The van der Waals surface area contributed by atoms with Gasteiger partial charge >= 0.3 is 6.01 Å². The van der Waals surface area contributed by atoms with Gasteiger partial charge in [0.2, 0.25) is 0 Å². The predicted molar refractivity (Wildman–Crippen MR) is 131 cm³/mol. The lowest BCUT2D eigenvalue weighted by Gasteiger charge is -2.36. The second-order valence-corrected chi connectivity index (χ2v) is 9.53. The van der Waals surface area contributed by atoms with E-state index in [1.54, 1.807) is 36.2 Å². The molecule has 178 valence electrons. The Balaban J connectivity index is 1.42. The zero-order chi connectivity index (χ0) is 23.8. The highest BCUT2D eigenvalue weighted by molar-refractivity contribution is 6.39. The fourth-order valence-electron chi connectivity index (χ4n) is 5.41. The first kappa shape index (κ1) is 20.7. The van der Waals surface area contributed by atoms with Crippen LogP contribution in [0.4, 0.5) is 15.9 Å². The van der Waals surface area contributed by atoms with Gasteiger partial charge in [-0.15, -0.1) is 0 Å². The Labute approximate surface area is 203 Å². The summed E-state index contributed by atoms with van der Waals surface area (Å²) in [4.78, 5) is 19.2. The minimum Gasteiger partial charge on any atom is -0.421 e. The van der Waals surface area contributed by atoms with Crippen LogP contribution in [0.2, 0.25) is 5.02 Å². The van der Waals surface area contributed by atoms with Crippen LogP contribution in [0, 0.1) is 17.7 Å². The van der Waals surface area contributed by atoms with Crippen molar-refractivity contribution in [3.05, 3.63) is 41.6 Å². The molecule has 7 rings (SSSR count). The minimum absolute atomic E-state index is 0.0240. The highest BCUT2D eigenvalue weighted by Crippen LogP contribution is 2.46. The van der Waals surface area contributed by atoms with E-state index in [-0.39, 0.29) is 17.1 Å². The molecule has 5 aromatic rings. The average molecular weight is 494 g/mol. The fraction of sp³-hybridized carbons (Fsp3) is 0.304. The van der Waals surface area contributed by atoms with Crippen molar-refractivity contribution < 1.29 is 9.13 Å². The van der Waals surface area contributed by atoms with Crippen molar-refractivity contribution in [1.82, 2.24) is 29.5 Å². The van der Waals surface area contributed by atoms with E-state index in [0.29, 0.717) is 56.7 Å². The zero-order valence-electron chi connectivity index (χ0n) is 18.7. The third-order valence-corrected chi connectivity index (χ3v) is 7.57. The third-order valence-electron chi connectivity index (χ3n) is 7.20. The van der Waals surface area contributed by atoms with Gasteiger partial charge in [0.1, 0.15) is 17.3 Å². The number of nitrogens with zero attached hydrogens (tertiary/aromatic N) is 6. The van der Waals surface area contributed by atoms with Crippen molar-refractivity contribution in [2.75, 3.05) is 30.4 Å². The minimum atomic E-state index is -0.516. The lowest BCUT2D eigenvalue weighted by Crippen LogP contribution is -2.46. The van der Waals surface area contributed by atoms with Gasteiger partial charge in [-0.1, -0.05) is 11.6 Å². The molecule has 0 spiro atoms. The Hall–Kier alpha value is -3.70. The molecule has 10 nitrogen and oxygen atoms in total. The van der Waals surface area contributed by atoms with Crippen molar-refractivity contribution in [2.24, 2.45) is 17.6 Å². The maximum absolute atomic E-state index is 14.8. The number of rotatable bonds is 4. The van der Waals surface area contributed by atoms with E-state index in [4.69, 9.17) is 27.1 Å². The summed E-state index contributed by atoms with van der Waals surface area (Å²) in [5, 5.41) is 8.45. The van der Waals surface area contributed by atoms with Crippen LogP contribution in [-0.4, -0.2) is 55.7 Å². The molecule has 0 amide bonds. The molecule has 0 bridgehead atoms. The molecule has 1 saturated heterocycles. The molecule has 1 aliphatic carbocycles. The van der Waals surface area contributed by atoms with Gasteiger partial charge in [-0.25, -0.2) is 13.9 Å². The molecule has 2 fully saturated rings. The number of hydrogen-bond acceptors (Lipinski definition) is 8. The van der Waals surface area contributed by atoms with Crippen molar-refractivity contribution in [2.45, 2.75) is 12.5 Å². The Morgan fingerprint density at radius 3 is 2.97 bits per heavy atom. The highest BCUT2D eigenvalue weighted by atomic mass is 35.5. The third kappa shape index (κ3) is 3.04. The second kappa shape index (κ2) is 7.40. The monoisotopic (exact) mass is 493 g/mol. The smallest absolute Gasteiger partial charge is 0.326 e. The number of aromatic amines is 1. The molecule has 0 unspecified atom stereocenters. The second-order valence-electron chi connectivity index (χ2n) is 9.15. The van der Waals surface area contributed by atoms with Gasteiger partial charge in [0.15, 0.2) is 11.4 Å². The molecule has 4 aromatic heterocycles. The van der Waals surface area contributed by atoms with Crippen LogP contribution in [-0.2, 0) is 0 Å². The lowest BCUT2D eigenvalue weighted by atomic mass is 9.72. The number of anilines is 2. The Kier molecular flexibility index (Phi) is 4.37. The molecule has 12 heteroatoms. The number of ether oxygens (including phenoxy) is 1. The summed E-state index contributed by atoms with van der Waals surface area (Å²) in [7, 11) is 1.73. The summed E-state index contributed by atoms with van der Waals surface area (Å²) in [5.41, 5.74) is 8.68. The fourth-order valence-corrected chi connectivity index (χ4v) is 5.66. The normalized spacial score (nSPS) is 21.6. The topological polar surface area (TPSA) is 122 Å². The lowest BCUT2D eigenvalue weighted by molar-refractivity contribution is 0.194. The van der Waals surface area contributed by atoms with Gasteiger partial charge in [-0.2, -0.15) is 15.1 Å². The summed E-state index contributed by atoms with van der Waals surface area (Å²) >= 11 is 6.50. The number of fused-ring (bicyclic) bond motifs is 5. The molecule has 1 aromatic carbocycles. The van der Waals surface area contributed by atoms with Crippen LogP contribution in [0.25, 0.3) is 27.6 Å². The largest absolute Gasteiger partial charge is 0.421 e. The Bertz CT molecular complexity index is 1630. The average Bonchev–Trinajstić information content (AvgIpc) is 3.55. The van der Waals surface area contributed by atoms with Crippen molar-refractivity contribution in [3.8, 4) is 11.8 Å². The predicted octanol–water partition coefficient (Wildman–Crippen LogP) is 3.56. The molecule has 35 heavy (non-hydrogen) atoms. The van der Waals surface area contributed by atoms with E-state index < -0.39 is 5.82 Å². The van der Waals surface area contributed by atoms with Gasteiger partial charge in [0, 0.05) is 43.7 Å². The maximum atomic E-state index is 14.8. The summed E-state index contributed by atoms with van der Waals surface area (Å²) in [6.07, 6.45) is 5.95. The van der Waals surface area contributed by atoms with Crippen molar-refractivity contribution >= 4 is 50.7 Å². The zero-order valence-corrected chi connectivity index (χ0v) is 19.4. The molecular weight excluding hydrogens is 473 g/mol. The first-order chi connectivity index (χ1) is 17.0. The number of benzene rings is 1. The molecule has 0 radical (unpaired) electrons. The number of nitrogens with one attached hydrogen (secondary N) is 2. The summed E-state index contributed by atoms with van der Waals surface area (Å²) in [5.74, 6) is 1.47. The van der Waals surface area contributed by atoms with Crippen molar-refractivity contribution in [1.29, 1.82) is 0 Å². The van der Waals surface area contributed by atoms with E-state index in [1.165, 1.54) is 6.07 Å². The standard InChI is InChI=1S/C23H21ClFN9O/c1-27-15-5-13(25)19(24)17-18-21(30-20(15)17)31-23(35-11-6-28-16-2-3-29-34(16)8-11)32-22(18)33-7-10-4-14(26)12(10)9-33/h2-3,5-6,8,10,12,14,27H,4,7,9,26H2,1H3,(H,30,31,32)/t10-,12+,14-/m1/s1. The van der Waals surface area contributed by atoms with E-state index in [9.17, 15) is 4.39 Å². The first-order valence-electron chi connectivity index (χ1n) is 11.4. The van der Waals surface area contributed by atoms with Crippen LogP contribution in [0.5, 0.6) is 11.8 Å². The molecule has 4 N–H and O–H groups in total. The van der Waals surface area contributed by atoms with Gasteiger partial charge in [0.25, 0.3) is 0 Å². The first-order valence-corrected chi connectivity index (χ1v) is 11.7. The quantitative estimate of drug-likeness (QED) is 0.347. The summed E-state index contributed by atoms with van der Waals surface area (Å²) in [6.45, 7) is 1.57. The van der Waals surface area contributed by atoms with E-state index in [0.717, 1.165) is 19.5 Å². The van der Waals surface area contributed by atoms with E-state index in [2.05, 4.69) is 30.3 Å². The SMILES string of the molecule is CNc1cc(F)c(Cl)c2c1[nH]c1nc(Oc3cnc4ccnn4c3)nc(N3C[C@H]4C[C@@H](N)[C@H]4C3)c12. The maximum Gasteiger partial charge on any atom is 0.326 e. The Morgan fingerprint density at radius 2 is 2.17 bits per heavy atom. The molecular formula is C23H21ClFN9O. The van der Waals surface area contributed by atoms with Gasteiger partial charge in [-0.3, -0.25) is 0 Å². The number of aromatic nitrogens is 6. The Morgan fingerprint density at radius 1 is 1.29 bits per heavy atom. The van der Waals surface area contributed by atoms with Crippen LogP contribution in [0.3, 0.4) is 0 Å². The molecule has 5 heterocycles. The number of nitrogens with two attached hydrogens (primary N) is 1. The number of hydrogen-bond donors (Lipinski definition) is 3. The van der Waals surface area contributed by atoms with Crippen LogP contribution in [0.15, 0.2) is 30.7 Å². The van der Waals surface area contributed by atoms with E-state index in [1.807, 2.05) is 0 Å². The van der Waals surface area contributed by atoms with Gasteiger partial charge in [-0.05, 0) is 18.3 Å². The number of H-pyrrole nitrogens is 1.